The molecule has 0 bridgehead atoms. The molecular weight excluding hydrogens is 254 g/mol. The van der Waals surface area contributed by atoms with Crippen LogP contribution >= 0.6 is 0 Å². The third kappa shape index (κ3) is 2.86. The SMILES string of the molecule is Cc1ccc(Cn2cnc([C@@H]3COCCN3)n2)c(C)n1. The van der Waals surface area contributed by atoms with Gasteiger partial charge >= 0.3 is 0 Å². The zero-order valence-corrected chi connectivity index (χ0v) is 11.8. The number of morpholine rings is 1. The first-order chi connectivity index (χ1) is 9.72. The zero-order valence-electron chi connectivity index (χ0n) is 11.8. The average Bonchev–Trinajstić information content (AvgIpc) is 2.92. The molecule has 3 rings (SSSR count). The van der Waals surface area contributed by atoms with E-state index in [-0.39, 0.29) is 6.04 Å². The Morgan fingerprint density at radius 2 is 2.30 bits per heavy atom. The normalized spacial score (nSPS) is 19.2. The van der Waals surface area contributed by atoms with Gasteiger partial charge in [-0.1, -0.05) is 6.07 Å². The summed E-state index contributed by atoms with van der Waals surface area (Å²) in [5.74, 6) is 0.794. The molecule has 6 heteroatoms. The van der Waals surface area contributed by atoms with Crippen LogP contribution in [0.5, 0.6) is 0 Å². The summed E-state index contributed by atoms with van der Waals surface area (Å²) in [7, 11) is 0. The monoisotopic (exact) mass is 273 g/mol. The number of aromatic nitrogens is 4. The zero-order chi connectivity index (χ0) is 13.9. The van der Waals surface area contributed by atoms with Gasteiger partial charge in [-0.2, -0.15) is 5.10 Å². The summed E-state index contributed by atoms with van der Waals surface area (Å²) in [5, 5.41) is 7.88. The number of aryl methyl sites for hydroxylation is 2. The van der Waals surface area contributed by atoms with E-state index in [2.05, 4.69) is 26.4 Å². The van der Waals surface area contributed by atoms with Gasteiger partial charge in [0.2, 0.25) is 0 Å². The van der Waals surface area contributed by atoms with Crippen LogP contribution in [0.25, 0.3) is 0 Å². The van der Waals surface area contributed by atoms with Crippen molar-refractivity contribution in [2.75, 3.05) is 19.8 Å². The van der Waals surface area contributed by atoms with E-state index in [9.17, 15) is 0 Å². The lowest BCUT2D eigenvalue weighted by atomic mass is 10.2. The van der Waals surface area contributed by atoms with Gasteiger partial charge in [-0.25, -0.2) is 9.67 Å². The Balaban J connectivity index is 1.73. The lowest BCUT2D eigenvalue weighted by Gasteiger charge is -2.20. The Kier molecular flexibility index (Phi) is 3.75. The van der Waals surface area contributed by atoms with E-state index in [4.69, 9.17) is 4.74 Å². The molecule has 0 saturated carbocycles. The maximum absolute atomic E-state index is 5.43. The van der Waals surface area contributed by atoms with Gasteiger partial charge in [-0.15, -0.1) is 0 Å². The summed E-state index contributed by atoms with van der Waals surface area (Å²) >= 11 is 0. The molecule has 3 heterocycles. The van der Waals surface area contributed by atoms with E-state index in [0.717, 1.165) is 30.4 Å². The van der Waals surface area contributed by atoms with E-state index in [1.54, 1.807) is 6.33 Å². The number of ether oxygens (including phenoxy) is 1. The van der Waals surface area contributed by atoms with Crippen molar-refractivity contribution in [2.45, 2.75) is 26.4 Å². The Hall–Kier alpha value is -1.79. The molecule has 0 amide bonds. The number of hydrogen-bond acceptors (Lipinski definition) is 5. The van der Waals surface area contributed by atoms with Crippen LogP contribution in [0.15, 0.2) is 18.5 Å². The average molecular weight is 273 g/mol. The Bertz CT molecular complexity index is 589. The van der Waals surface area contributed by atoms with Gasteiger partial charge in [0, 0.05) is 17.9 Å². The smallest absolute Gasteiger partial charge is 0.169 e. The molecule has 0 radical (unpaired) electrons. The van der Waals surface area contributed by atoms with Crippen LogP contribution in [0.1, 0.15) is 28.8 Å². The van der Waals surface area contributed by atoms with Crippen molar-refractivity contribution in [2.24, 2.45) is 0 Å². The summed E-state index contributed by atoms with van der Waals surface area (Å²) < 4.78 is 7.29. The molecule has 1 N–H and O–H groups in total. The summed E-state index contributed by atoms with van der Waals surface area (Å²) in [6.45, 7) is 6.95. The molecule has 1 aliphatic heterocycles. The van der Waals surface area contributed by atoms with Gasteiger partial charge in [0.05, 0.1) is 25.8 Å². The van der Waals surface area contributed by atoms with Crippen molar-refractivity contribution >= 4 is 0 Å². The fraction of sp³-hybridized carbons (Fsp3) is 0.500. The molecular formula is C14H19N5O. The number of hydrogen-bond donors (Lipinski definition) is 1. The molecule has 1 atom stereocenters. The predicted molar refractivity (Wildman–Crippen MR) is 74.4 cm³/mol. The molecule has 0 spiro atoms. The van der Waals surface area contributed by atoms with Gasteiger partial charge in [0.1, 0.15) is 6.33 Å². The molecule has 1 aliphatic rings. The van der Waals surface area contributed by atoms with Crippen LogP contribution in [0.4, 0.5) is 0 Å². The van der Waals surface area contributed by atoms with Gasteiger partial charge in [-0.3, -0.25) is 4.98 Å². The predicted octanol–water partition coefficient (Wildman–Crippen LogP) is 0.999. The van der Waals surface area contributed by atoms with Crippen molar-refractivity contribution < 1.29 is 4.74 Å². The molecule has 1 saturated heterocycles. The molecule has 1 fully saturated rings. The maximum Gasteiger partial charge on any atom is 0.169 e. The van der Waals surface area contributed by atoms with E-state index in [0.29, 0.717) is 13.2 Å². The minimum atomic E-state index is 0.0993. The molecule has 0 aliphatic carbocycles. The van der Waals surface area contributed by atoms with E-state index in [1.807, 2.05) is 24.6 Å². The number of pyridine rings is 1. The molecule has 0 unspecified atom stereocenters. The standard InChI is InChI=1S/C14H19N5O/c1-10-3-4-12(11(2)17-10)7-19-9-16-14(18-19)13-8-20-6-5-15-13/h3-4,9,13,15H,5-8H2,1-2H3/t13-/m0/s1. The highest BCUT2D eigenvalue weighted by Crippen LogP contribution is 2.12. The van der Waals surface area contributed by atoms with Crippen molar-refractivity contribution in [3.05, 3.63) is 41.2 Å². The first kappa shape index (κ1) is 13.2. The van der Waals surface area contributed by atoms with Crippen LogP contribution in [0.2, 0.25) is 0 Å². The molecule has 106 valence electrons. The van der Waals surface area contributed by atoms with Gasteiger partial charge in [-0.05, 0) is 25.5 Å². The van der Waals surface area contributed by atoms with E-state index in [1.165, 1.54) is 5.56 Å². The molecule has 2 aromatic rings. The van der Waals surface area contributed by atoms with Gasteiger partial charge in [0.15, 0.2) is 5.82 Å². The summed E-state index contributed by atoms with van der Waals surface area (Å²) in [4.78, 5) is 8.84. The Morgan fingerprint density at radius 3 is 3.05 bits per heavy atom. The van der Waals surface area contributed by atoms with E-state index < -0.39 is 0 Å². The molecule has 20 heavy (non-hydrogen) atoms. The molecule has 2 aromatic heterocycles. The molecule has 6 nitrogen and oxygen atoms in total. The van der Waals surface area contributed by atoms with Crippen molar-refractivity contribution in [1.29, 1.82) is 0 Å². The van der Waals surface area contributed by atoms with Crippen molar-refractivity contribution in [3.8, 4) is 0 Å². The quantitative estimate of drug-likeness (QED) is 0.904. The lowest BCUT2D eigenvalue weighted by molar-refractivity contribution is 0.0742. The van der Waals surface area contributed by atoms with Crippen LogP contribution in [-0.4, -0.2) is 39.5 Å². The van der Waals surface area contributed by atoms with Gasteiger partial charge < -0.3 is 10.1 Å². The van der Waals surface area contributed by atoms with Crippen molar-refractivity contribution in [1.82, 2.24) is 25.1 Å². The third-order valence-corrected chi connectivity index (χ3v) is 3.45. The number of nitrogens with one attached hydrogen (secondary N) is 1. The number of nitrogens with zero attached hydrogens (tertiary/aromatic N) is 4. The first-order valence-corrected chi connectivity index (χ1v) is 6.86. The highest BCUT2D eigenvalue weighted by atomic mass is 16.5. The largest absolute Gasteiger partial charge is 0.378 e. The second-order valence-electron chi connectivity index (χ2n) is 5.08. The Morgan fingerprint density at radius 1 is 1.40 bits per heavy atom. The first-order valence-electron chi connectivity index (χ1n) is 6.86. The maximum atomic E-state index is 5.43. The third-order valence-electron chi connectivity index (χ3n) is 3.45. The topological polar surface area (TPSA) is 64.9 Å². The van der Waals surface area contributed by atoms with Gasteiger partial charge in [0.25, 0.3) is 0 Å². The highest BCUT2D eigenvalue weighted by Gasteiger charge is 2.19. The summed E-state index contributed by atoms with van der Waals surface area (Å²) in [6.07, 6.45) is 1.77. The van der Waals surface area contributed by atoms with Crippen LogP contribution < -0.4 is 5.32 Å². The second-order valence-corrected chi connectivity index (χ2v) is 5.08. The van der Waals surface area contributed by atoms with Crippen molar-refractivity contribution in [3.63, 3.8) is 0 Å². The summed E-state index contributed by atoms with van der Waals surface area (Å²) in [5.41, 5.74) is 3.25. The minimum absolute atomic E-state index is 0.0993. The van der Waals surface area contributed by atoms with Crippen LogP contribution in [-0.2, 0) is 11.3 Å². The van der Waals surface area contributed by atoms with Crippen LogP contribution in [0, 0.1) is 13.8 Å². The van der Waals surface area contributed by atoms with Crippen LogP contribution in [0.3, 0.4) is 0 Å². The highest BCUT2D eigenvalue weighted by molar-refractivity contribution is 5.21. The fourth-order valence-electron chi connectivity index (χ4n) is 2.33. The minimum Gasteiger partial charge on any atom is -0.378 e. The Labute approximate surface area is 118 Å². The fourth-order valence-corrected chi connectivity index (χ4v) is 2.33. The molecule has 0 aromatic carbocycles. The number of rotatable bonds is 3. The summed E-state index contributed by atoms with van der Waals surface area (Å²) in [6, 6.07) is 4.22. The van der Waals surface area contributed by atoms with E-state index >= 15 is 0 Å². The lowest BCUT2D eigenvalue weighted by Crippen LogP contribution is -2.35. The second kappa shape index (κ2) is 5.68.